The number of benzene rings is 1. The molecule has 1 amide bonds. The van der Waals surface area contributed by atoms with E-state index < -0.39 is 0 Å². The number of carbonyl (C=O) groups is 1. The SMILES string of the molecule is COc1cc(C(=O)NC2CCC(C)C2C)ccc1N. The van der Waals surface area contributed by atoms with E-state index in [1.54, 1.807) is 25.3 Å². The van der Waals surface area contributed by atoms with Gasteiger partial charge in [-0.2, -0.15) is 0 Å². The molecule has 4 heteroatoms. The van der Waals surface area contributed by atoms with Crippen molar-refractivity contribution in [2.24, 2.45) is 11.8 Å². The van der Waals surface area contributed by atoms with Crippen LogP contribution in [0.5, 0.6) is 5.75 Å². The molecule has 1 aromatic rings. The predicted octanol–water partition coefficient (Wildman–Crippen LogP) is 2.44. The third-order valence-electron chi connectivity index (χ3n) is 4.28. The van der Waals surface area contributed by atoms with Gasteiger partial charge in [0.2, 0.25) is 0 Å². The van der Waals surface area contributed by atoms with Gasteiger partial charge in [0.25, 0.3) is 5.91 Å². The van der Waals surface area contributed by atoms with E-state index in [1.807, 2.05) is 0 Å². The summed E-state index contributed by atoms with van der Waals surface area (Å²) in [7, 11) is 1.55. The Balaban J connectivity index is 2.08. The van der Waals surface area contributed by atoms with Gasteiger partial charge in [-0.1, -0.05) is 13.8 Å². The minimum Gasteiger partial charge on any atom is -0.495 e. The number of hydrogen-bond donors (Lipinski definition) is 2. The lowest BCUT2D eigenvalue weighted by atomic mass is 9.97. The second-order valence-corrected chi connectivity index (χ2v) is 5.45. The second kappa shape index (κ2) is 5.51. The van der Waals surface area contributed by atoms with Gasteiger partial charge < -0.3 is 15.8 Å². The molecule has 104 valence electrons. The van der Waals surface area contributed by atoms with E-state index in [0.29, 0.717) is 28.8 Å². The van der Waals surface area contributed by atoms with Crippen molar-refractivity contribution in [2.45, 2.75) is 32.7 Å². The fraction of sp³-hybridized carbons (Fsp3) is 0.533. The molecule has 1 aliphatic rings. The van der Waals surface area contributed by atoms with Crippen LogP contribution in [0.3, 0.4) is 0 Å². The zero-order valence-corrected chi connectivity index (χ0v) is 11.8. The maximum absolute atomic E-state index is 12.2. The van der Waals surface area contributed by atoms with E-state index in [2.05, 4.69) is 19.2 Å². The highest BCUT2D eigenvalue weighted by Crippen LogP contribution is 2.31. The number of methoxy groups -OCH3 is 1. The Morgan fingerprint density at radius 2 is 2.11 bits per heavy atom. The molecule has 0 radical (unpaired) electrons. The van der Waals surface area contributed by atoms with Gasteiger partial charge in [-0.25, -0.2) is 0 Å². The fourth-order valence-electron chi connectivity index (χ4n) is 2.67. The van der Waals surface area contributed by atoms with Crippen molar-refractivity contribution >= 4 is 11.6 Å². The average molecular weight is 262 g/mol. The van der Waals surface area contributed by atoms with E-state index in [-0.39, 0.29) is 11.9 Å². The molecule has 3 unspecified atom stereocenters. The van der Waals surface area contributed by atoms with Crippen LogP contribution < -0.4 is 15.8 Å². The summed E-state index contributed by atoms with van der Waals surface area (Å²) in [6.45, 7) is 4.44. The van der Waals surface area contributed by atoms with Crippen LogP contribution in [0.25, 0.3) is 0 Å². The van der Waals surface area contributed by atoms with Gasteiger partial charge in [0.05, 0.1) is 12.8 Å². The maximum Gasteiger partial charge on any atom is 0.251 e. The molecule has 0 aromatic heterocycles. The van der Waals surface area contributed by atoms with Crippen LogP contribution in [0.15, 0.2) is 18.2 Å². The summed E-state index contributed by atoms with van der Waals surface area (Å²) in [6.07, 6.45) is 2.23. The van der Waals surface area contributed by atoms with Gasteiger partial charge >= 0.3 is 0 Å². The van der Waals surface area contributed by atoms with Crippen LogP contribution in [-0.4, -0.2) is 19.1 Å². The molecule has 4 nitrogen and oxygen atoms in total. The quantitative estimate of drug-likeness (QED) is 0.822. The highest BCUT2D eigenvalue weighted by Gasteiger charge is 2.30. The average Bonchev–Trinajstić information content (AvgIpc) is 2.71. The van der Waals surface area contributed by atoms with Crippen molar-refractivity contribution in [1.82, 2.24) is 5.32 Å². The first kappa shape index (κ1) is 13.7. The Labute approximate surface area is 114 Å². The Bertz CT molecular complexity index is 473. The van der Waals surface area contributed by atoms with Crippen LogP contribution in [0, 0.1) is 11.8 Å². The molecule has 1 aromatic carbocycles. The lowest BCUT2D eigenvalue weighted by Crippen LogP contribution is -2.37. The summed E-state index contributed by atoms with van der Waals surface area (Å²) in [5.41, 5.74) is 6.89. The molecular formula is C15H22N2O2. The highest BCUT2D eigenvalue weighted by atomic mass is 16.5. The van der Waals surface area contributed by atoms with Gasteiger partial charge in [-0.15, -0.1) is 0 Å². The lowest BCUT2D eigenvalue weighted by Gasteiger charge is -2.20. The van der Waals surface area contributed by atoms with Gasteiger partial charge in [0, 0.05) is 11.6 Å². The molecule has 1 fully saturated rings. The third kappa shape index (κ3) is 2.83. The smallest absolute Gasteiger partial charge is 0.251 e. The number of nitrogen functional groups attached to an aromatic ring is 1. The molecule has 1 aliphatic carbocycles. The van der Waals surface area contributed by atoms with E-state index >= 15 is 0 Å². The molecule has 3 atom stereocenters. The number of carbonyl (C=O) groups excluding carboxylic acids is 1. The Morgan fingerprint density at radius 1 is 1.37 bits per heavy atom. The van der Waals surface area contributed by atoms with Crippen molar-refractivity contribution in [3.63, 3.8) is 0 Å². The summed E-state index contributed by atoms with van der Waals surface area (Å²) in [4.78, 5) is 12.2. The van der Waals surface area contributed by atoms with Crippen LogP contribution in [0.4, 0.5) is 5.69 Å². The van der Waals surface area contributed by atoms with E-state index in [1.165, 1.54) is 6.42 Å². The number of ether oxygens (including phenoxy) is 1. The molecule has 0 saturated heterocycles. The minimum atomic E-state index is -0.0516. The first-order valence-corrected chi connectivity index (χ1v) is 6.77. The number of nitrogens with one attached hydrogen (secondary N) is 1. The standard InChI is InChI=1S/C15H22N2O2/c1-9-4-7-13(10(9)2)17-15(18)11-5-6-12(16)14(8-11)19-3/h5-6,8-10,13H,4,7,16H2,1-3H3,(H,17,18). The Hall–Kier alpha value is -1.71. The molecule has 0 heterocycles. The molecule has 0 bridgehead atoms. The summed E-state index contributed by atoms with van der Waals surface area (Å²) >= 11 is 0. The number of nitrogens with two attached hydrogens (primary N) is 1. The van der Waals surface area contributed by atoms with Crippen molar-refractivity contribution in [2.75, 3.05) is 12.8 Å². The summed E-state index contributed by atoms with van der Waals surface area (Å²) in [6, 6.07) is 5.39. The van der Waals surface area contributed by atoms with E-state index in [9.17, 15) is 4.79 Å². The minimum absolute atomic E-state index is 0.0516. The molecule has 19 heavy (non-hydrogen) atoms. The van der Waals surface area contributed by atoms with Gasteiger partial charge in [-0.3, -0.25) is 4.79 Å². The third-order valence-corrected chi connectivity index (χ3v) is 4.28. The Morgan fingerprint density at radius 3 is 2.68 bits per heavy atom. The first-order chi connectivity index (χ1) is 9.02. The normalized spacial score (nSPS) is 26.2. The van der Waals surface area contributed by atoms with Crippen LogP contribution in [0.2, 0.25) is 0 Å². The lowest BCUT2D eigenvalue weighted by molar-refractivity contribution is 0.0927. The molecule has 2 rings (SSSR count). The molecule has 1 saturated carbocycles. The zero-order chi connectivity index (χ0) is 14.0. The number of anilines is 1. The molecular weight excluding hydrogens is 240 g/mol. The van der Waals surface area contributed by atoms with Crippen molar-refractivity contribution in [3.05, 3.63) is 23.8 Å². The number of rotatable bonds is 3. The van der Waals surface area contributed by atoms with Gasteiger partial charge in [0.15, 0.2) is 0 Å². The maximum atomic E-state index is 12.2. The fourth-order valence-corrected chi connectivity index (χ4v) is 2.67. The van der Waals surface area contributed by atoms with E-state index in [4.69, 9.17) is 10.5 Å². The number of hydrogen-bond acceptors (Lipinski definition) is 3. The second-order valence-electron chi connectivity index (χ2n) is 5.45. The van der Waals surface area contributed by atoms with Crippen molar-refractivity contribution in [3.8, 4) is 5.75 Å². The number of amides is 1. The Kier molecular flexibility index (Phi) is 3.98. The van der Waals surface area contributed by atoms with Crippen LogP contribution in [0.1, 0.15) is 37.0 Å². The summed E-state index contributed by atoms with van der Waals surface area (Å²) in [5.74, 6) is 1.69. The largest absolute Gasteiger partial charge is 0.495 e. The van der Waals surface area contributed by atoms with Crippen molar-refractivity contribution < 1.29 is 9.53 Å². The first-order valence-electron chi connectivity index (χ1n) is 6.77. The van der Waals surface area contributed by atoms with Crippen molar-refractivity contribution in [1.29, 1.82) is 0 Å². The molecule has 0 spiro atoms. The summed E-state index contributed by atoms with van der Waals surface area (Å²) < 4.78 is 5.14. The van der Waals surface area contributed by atoms with Gasteiger partial charge in [-0.05, 0) is 42.9 Å². The van der Waals surface area contributed by atoms with Gasteiger partial charge in [0.1, 0.15) is 5.75 Å². The van der Waals surface area contributed by atoms with E-state index in [0.717, 1.165) is 6.42 Å². The molecule has 0 aliphatic heterocycles. The summed E-state index contributed by atoms with van der Waals surface area (Å²) in [5, 5.41) is 3.11. The monoisotopic (exact) mass is 262 g/mol. The zero-order valence-electron chi connectivity index (χ0n) is 11.8. The topological polar surface area (TPSA) is 64.3 Å². The van der Waals surface area contributed by atoms with Crippen LogP contribution >= 0.6 is 0 Å². The highest BCUT2D eigenvalue weighted by molar-refractivity contribution is 5.95. The molecule has 3 N–H and O–H groups in total. The van der Waals surface area contributed by atoms with Crippen LogP contribution in [-0.2, 0) is 0 Å². The predicted molar refractivity (Wildman–Crippen MR) is 76.2 cm³/mol.